The van der Waals surface area contributed by atoms with Crippen LogP contribution < -0.4 is 20.7 Å². The average Bonchev–Trinajstić information content (AvgIpc) is 2.86. The van der Waals surface area contributed by atoms with Gasteiger partial charge in [-0.2, -0.15) is 0 Å². The normalized spacial score (nSPS) is 12.4. The summed E-state index contributed by atoms with van der Waals surface area (Å²) in [5, 5.41) is 2.89. The Labute approximate surface area is 196 Å². The van der Waals surface area contributed by atoms with Crippen LogP contribution in [0.4, 0.5) is 0 Å². The van der Waals surface area contributed by atoms with Crippen molar-refractivity contribution in [3.8, 4) is 5.75 Å². The molecule has 3 nitrogen and oxygen atoms in total. The second-order valence-electron chi connectivity index (χ2n) is 8.01. The van der Waals surface area contributed by atoms with Gasteiger partial charge in [-0.1, -0.05) is 0 Å². The first-order chi connectivity index (χ1) is 16.1. The van der Waals surface area contributed by atoms with Crippen LogP contribution in [0.25, 0.3) is 0 Å². The monoisotopic (exact) mass is 456 g/mol. The maximum absolute atomic E-state index is 13.0. The Balaban J connectivity index is 2.23. The van der Waals surface area contributed by atoms with E-state index in [1.165, 1.54) is 6.92 Å². The Morgan fingerprint density at radius 2 is 1.18 bits per heavy atom. The molecule has 4 aromatic rings. The van der Waals surface area contributed by atoms with Gasteiger partial charge in [0.1, 0.15) is 0 Å². The molecule has 0 atom stereocenters. The quantitative estimate of drug-likeness (QED) is 0.324. The van der Waals surface area contributed by atoms with Gasteiger partial charge in [0.15, 0.2) is 0 Å². The number of carbonyl (C=O) groups is 1. The molecule has 0 amide bonds. The first kappa shape index (κ1) is 22.8. The van der Waals surface area contributed by atoms with Crippen LogP contribution in [0.1, 0.15) is 19.4 Å². The molecule has 0 radical (unpaired) electrons. The summed E-state index contributed by atoms with van der Waals surface area (Å²) >= 11 is 0. The molecule has 0 N–H and O–H groups in total. The molecule has 0 heterocycles. The zero-order valence-corrected chi connectivity index (χ0v) is 20.0. The molecule has 0 saturated heterocycles. The third kappa shape index (κ3) is 4.05. The Morgan fingerprint density at radius 3 is 1.70 bits per heavy atom. The Kier molecular flexibility index (Phi) is 6.62. The van der Waals surface area contributed by atoms with Gasteiger partial charge in [0.25, 0.3) is 0 Å². The molecule has 4 aromatic carbocycles. The van der Waals surface area contributed by atoms with E-state index in [4.69, 9.17) is 9.26 Å². The number of rotatable bonds is 8. The SMILES string of the molecule is CCOc1ccccc1P(Cc1ccccc1)(OC(C)=O)(c1ccccc1)c1ccccc1. The molecule has 4 heteroatoms. The second kappa shape index (κ2) is 9.60. The molecule has 0 aliphatic rings. The van der Waals surface area contributed by atoms with Gasteiger partial charge in [-0.05, 0) is 0 Å². The third-order valence-electron chi connectivity index (χ3n) is 5.94. The number of benzene rings is 4. The van der Waals surface area contributed by atoms with Gasteiger partial charge in [0.2, 0.25) is 0 Å². The van der Waals surface area contributed by atoms with Crippen molar-refractivity contribution in [3.63, 3.8) is 0 Å². The molecule has 33 heavy (non-hydrogen) atoms. The van der Waals surface area contributed by atoms with Crippen molar-refractivity contribution in [2.75, 3.05) is 6.61 Å². The van der Waals surface area contributed by atoms with Gasteiger partial charge < -0.3 is 0 Å². The van der Waals surface area contributed by atoms with E-state index in [1.54, 1.807) is 0 Å². The summed E-state index contributed by atoms with van der Waals surface area (Å²) < 4.78 is 13.0. The van der Waals surface area contributed by atoms with Gasteiger partial charge in [0.05, 0.1) is 0 Å². The summed E-state index contributed by atoms with van der Waals surface area (Å²) in [6.45, 7) is 0.123. The number of para-hydroxylation sites is 1. The molecule has 0 aliphatic carbocycles. The predicted molar refractivity (Wildman–Crippen MR) is 138 cm³/mol. The van der Waals surface area contributed by atoms with E-state index in [9.17, 15) is 4.79 Å². The summed E-state index contributed by atoms with van der Waals surface area (Å²) in [7, 11) is 0. The molecule has 0 unspecified atom stereocenters. The predicted octanol–water partition coefficient (Wildman–Crippen LogP) is 5.59. The van der Waals surface area contributed by atoms with E-state index in [-0.39, 0.29) is 5.97 Å². The van der Waals surface area contributed by atoms with Crippen molar-refractivity contribution >= 4 is 28.7 Å². The minimum absolute atomic E-state index is 0.317. The molecule has 0 fully saturated rings. The van der Waals surface area contributed by atoms with Crippen LogP contribution in [-0.2, 0) is 15.5 Å². The van der Waals surface area contributed by atoms with Crippen LogP contribution >= 0.6 is 6.83 Å². The van der Waals surface area contributed by atoms with Crippen LogP contribution in [0.15, 0.2) is 115 Å². The van der Waals surface area contributed by atoms with E-state index in [2.05, 4.69) is 42.5 Å². The summed E-state index contributed by atoms with van der Waals surface area (Å²) in [6, 6.07) is 38.6. The fraction of sp³-hybridized carbons (Fsp3) is 0.138. The molecular formula is C29H29O3P. The van der Waals surface area contributed by atoms with Crippen molar-refractivity contribution in [2.45, 2.75) is 20.0 Å². The summed E-state index contributed by atoms with van der Waals surface area (Å²) in [5.74, 6) is 0.421. The molecule has 168 valence electrons. The molecule has 4 rings (SSSR count). The summed E-state index contributed by atoms with van der Waals surface area (Å²) in [4.78, 5) is 13.0. The minimum atomic E-state index is -3.86. The topological polar surface area (TPSA) is 35.5 Å². The zero-order chi connectivity index (χ0) is 23.2. The van der Waals surface area contributed by atoms with Crippen molar-refractivity contribution in [3.05, 3.63) is 121 Å². The van der Waals surface area contributed by atoms with Gasteiger partial charge in [-0.3, -0.25) is 0 Å². The molecule has 0 spiro atoms. The van der Waals surface area contributed by atoms with Crippen LogP contribution in [0.5, 0.6) is 5.75 Å². The molecule has 0 saturated carbocycles. The van der Waals surface area contributed by atoms with Crippen molar-refractivity contribution in [1.29, 1.82) is 0 Å². The van der Waals surface area contributed by atoms with E-state index in [1.807, 2.05) is 79.7 Å². The number of hydrogen-bond donors (Lipinski definition) is 0. The Bertz CT molecular complexity index is 1170. The third-order valence-corrected chi connectivity index (χ3v) is 11.7. The van der Waals surface area contributed by atoms with Crippen LogP contribution in [0.2, 0.25) is 0 Å². The number of ether oxygens (including phenoxy) is 1. The molecule has 0 aliphatic heterocycles. The summed E-state index contributed by atoms with van der Waals surface area (Å²) in [5.41, 5.74) is 1.09. The standard InChI is InChI=1S/C29H29O3P/c1-3-31-28-21-13-14-22-29(28)33(32-24(2)30,26-17-9-5-10-18-26,27-19-11-6-12-20-27)23-25-15-7-4-8-16-25/h4-22H,3,23H2,1-2H3. The maximum atomic E-state index is 13.0. The van der Waals surface area contributed by atoms with Crippen molar-refractivity contribution < 1.29 is 14.1 Å². The Hall–Kier alpha value is -3.42. The second-order valence-corrected chi connectivity index (χ2v) is 12.4. The van der Waals surface area contributed by atoms with Gasteiger partial charge in [0, 0.05) is 0 Å². The number of hydrogen-bond acceptors (Lipinski definition) is 3. The van der Waals surface area contributed by atoms with Crippen molar-refractivity contribution in [2.24, 2.45) is 0 Å². The van der Waals surface area contributed by atoms with E-state index < -0.39 is 6.83 Å². The van der Waals surface area contributed by atoms with Gasteiger partial charge in [-0.25, -0.2) is 0 Å². The number of carbonyl (C=O) groups excluding carboxylic acids is 1. The average molecular weight is 457 g/mol. The van der Waals surface area contributed by atoms with Crippen LogP contribution in [0, 0.1) is 0 Å². The van der Waals surface area contributed by atoms with Crippen molar-refractivity contribution in [1.82, 2.24) is 0 Å². The first-order valence-electron chi connectivity index (χ1n) is 11.2. The van der Waals surface area contributed by atoms with E-state index >= 15 is 0 Å². The zero-order valence-electron chi connectivity index (χ0n) is 19.1. The van der Waals surface area contributed by atoms with Gasteiger partial charge >= 0.3 is 196 Å². The molecule has 0 aromatic heterocycles. The fourth-order valence-corrected chi connectivity index (χ4v) is 10.6. The first-order valence-corrected chi connectivity index (χ1v) is 13.5. The van der Waals surface area contributed by atoms with Gasteiger partial charge in [-0.15, -0.1) is 0 Å². The van der Waals surface area contributed by atoms with Crippen LogP contribution in [0.3, 0.4) is 0 Å². The molecular weight excluding hydrogens is 427 g/mol. The molecule has 0 bridgehead atoms. The Morgan fingerprint density at radius 1 is 0.697 bits per heavy atom. The fourth-order valence-electron chi connectivity index (χ4n) is 4.71. The summed E-state index contributed by atoms with van der Waals surface area (Å²) in [6.07, 6.45) is 0.532. The van der Waals surface area contributed by atoms with E-state index in [0.29, 0.717) is 12.8 Å². The van der Waals surface area contributed by atoms with Crippen LogP contribution in [-0.4, -0.2) is 12.6 Å². The van der Waals surface area contributed by atoms with E-state index in [0.717, 1.165) is 27.2 Å².